The molecule has 10 unspecified atom stereocenters. The molecule has 0 aromatic rings. The number of carbonyl (C=O) groups is 1. The SMILES string of the molecule is CCCCNC(=S)OC1/C=C/C(C)C(/C(C)=C/C=C/C(C)(O)CC2OC2C(C)C(O)CC)OC(=O)CC(O)CCC1(C)O. The number of rotatable bonds is 12. The molecule has 2 aliphatic heterocycles. The van der Waals surface area contributed by atoms with Gasteiger partial charge in [-0.1, -0.05) is 58.4 Å². The summed E-state index contributed by atoms with van der Waals surface area (Å²) in [5.74, 6) is -0.834. The highest BCUT2D eigenvalue weighted by molar-refractivity contribution is 7.80. The fourth-order valence-corrected chi connectivity index (χ4v) is 5.53. The first-order chi connectivity index (χ1) is 20.1. The first-order valence-corrected chi connectivity index (χ1v) is 16.2. The number of allylic oxidation sites excluding steroid dienone is 2. The number of aliphatic hydroxyl groups is 4. The summed E-state index contributed by atoms with van der Waals surface area (Å²) < 4.78 is 17.5. The van der Waals surface area contributed by atoms with Gasteiger partial charge in [0.2, 0.25) is 0 Å². The van der Waals surface area contributed by atoms with Crippen LogP contribution in [-0.2, 0) is 19.0 Å². The quantitative estimate of drug-likeness (QED) is 0.0534. The molecule has 2 aliphatic rings. The van der Waals surface area contributed by atoms with E-state index < -0.39 is 41.6 Å². The Kier molecular flexibility index (Phi) is 14.8. The number of nitrogens with one attached hydrogen (secondary N) is 1. The molecule has 1 saturated heterocycles. The second-order valence-corrected chi connectivity index (χ2v) is 13.2. The molecule has 0 bridgehead atoms. The van der Waals surface area contributed by atoms with E-state index in [2.05, 4.69) is 12.2 Å². The third-order valence-corrected chi connectivity index (χ3v) is 8.64. The average molecular weight is 626 g/mol. The molecule has 43 heavy (non-hydrogen) atoms. The number of thiocarbonyl (C=S) groups is 1. The molecule has 0 aliphatic carbocycles. The van der Waals surface area contributed by atoms with Gasteiger partial charge in [-0.2, -0.15) is 0 Å². The van der Waals surface area contributed by atoms with Crippen molar-refractivity contribution in [2.45, 2.75) is 141 Å². The minimum Gasteiger partial charge on any atom is -0.460 e. The van der Waals surface area contributed by atoms with Crippen molar-refractivity contribution >= 4 is 23.4 Å². The summed E-state index contributed by atoms with van der Waals surface area (Å²) in [5, 5.41) is 46.1. The summed E-state index contributed by atoms with van der Waals surface area (Å²) in [6.45, 7) is 13.7. The topological polar surface area (TPSA) is 141 Å². The Hall–Kier alpha value is -1.82. The summed E-state index contributed by atoms with van der Waals surface area (Å²) in [6.07, 6.45) is 8.93. The molecule has 0 aromatic carbocycles. The summed E-state index contributed by atoms with van der Waals surface area (Å²) in [4.78, 5) is 12.7. The number of unbranched alkanes of at least 4 members (excludes halogenated alkanes) is 1. The molecule has 10 atom stereocenters. The first-order valence-electron chi connectivity index (χ1n) is 15.7. The molecule has 2 heterocycles. The van der Waals surface area contributed by atoms with E-state index in [0.29, 0.717) is 19.4 Å². The number of ether oxygens (including phenoxy) is 3. The molecular formula is C33H55NO8S. The fourth-order valence-electron chi connectivity index (χ4n) is 5.33. The number of carbonyl (C=O) groups excluding carboxylic acids is 1. The maximum atomic E-state index is 12.7. The molecule has 0 radical (unpaired) electrons. The van der Waals surface area contributed by atoms with Crippen molar-refractivity contribution in [1.29, 1.82) is 0 Å². The van der Waals surface area contributed by atoms with E-state index in [1.54, 1.807) is 38.2 Å². The van der Waals surface area contributed by atoms with Crippen LogP contribution in [0.25, 0.3) is 0 Å². The van der Waals surface area contributed by atoms with Crippen molar-refractivity contribution in [2.24, 2.45) is 11.8 Å². The predicted molar refractivity (Wildman–Crippen MR) is 171 cm³/mol. The van der Waals surface area contributed by atoms with Gasteiger partial charge in [0.25, 0.3) is 5.17 Å². The lowest BCUT2D eigenvalue weighted by Crippen LogP contribution is -2.44. The number of cyclic esters (lactones) is 1. The van der Waals surface area contributed by atoms with E-state index in [1.165, 1.54) is 0 Å². The number of aliphatic hydroxyl groups excluding tert-OH is 2. The van der Waals surface area contributed by atoms with Crippen LogP contribution >= 0.6 is 12.2 Å². The van der Waals surface area contributed by atoms with Crippen molar-refractivity contribution in [1.82, 2.24) is 5.32 Å². The monoisotopic (exact) mass is 625 g/mol. The smallest absolute Gasteiger partial charge is 0.309 e. The van der Waals surface area contributed by atoms with Crippen LogP contribution in [0.4, 0.5) is 0 Å². The first kappa shape index (κ1) is 37.4. The van der Waals surface area contributed by atoms with Crippen LogP contribution in [-0.4, -0.2) is 85.9 Å². The fraction of sp³-hybridized carbons (Fsp3) is 0.758. The lowest BCUT2D eigenvalue weighted by Gasteiger charge is -2.33. The Bertz CT molecular complexity index is 993. The van der Waals surface area contributed by atoms with E-state index in [9.17, 15) is 25.2 Å². The van der Waals surface area contributed by atoms with Crippen LogP contribution in [0.3, 0.4) is 0 Å². The van der Waals surface area contributed by atoms with Gasteiger partial charge in [-0.15, -0.1) is 0 Å². The second kappa shape index (κ2) is 17.0. The highest BCUT2D eigenvalue weighted by atomic mass is 32.1. The molecule has 9 nitrogen and oxygen atoms in total. The lowest BCUT2D eigenvalue weighted by molar-refractivity contribution is -0.151. The Labute approximate surface area is 263 Å². The van der Waals surface area contributed by atoms with Crippen LogP contribution in [0.2, 0.25) is 0 Å². The van der Waals surface area contributed by atoms with Crippen LogP contribution in [0, 0.1) is 11.8 Å². The largest absolute Gasteiger partial charge is 0.460 e. The maximum absolute atomic E-state index is 12.7. The number of hydrogen-bond acceptors (Lipinski definition) is 9. The molecule has 5 N–H and O–H groups in total. The van der Waals surface area contributed by atoms with E-state index in [1.807, 2.05) is 33.8 Å². The molecule has 246 valence electrons. The molecule has 10 heteroatoms. The van der Waals surface area contributed by atoms with Gasteiger partial charge in [0.1, 0.15) is 17.8 Å². The number of esters is 1. The van der Waals surface area contributed by atoms with Crippen molar-refractivity contribution < 1.29 is 39.4 Å². The van der Waals surface area contributed by atoms with Gasteiger partial charge in [0, 0.05) is 24.8 Å². The molecule has 0 saturated carbocycles. The number of epoxide rings is 1. The third kappa shape index (κ3) is 12.6. The summed E-state index contributed by atoms with van der Waals surface area (Å²) >= 11 is 5.36. The van der Waals surface area contributed by atoms with E-state index in [-0.39, 0.29) is 48.5 Å². The normalized spacial score (nSPS) is 34.2. The Balaban J connectivity index is 2.19. The number of hydrogen-bond donors (Lipinski definition) is 5. The molecule has 1 fully saturated rings. The highest BCUT2D eigenvalue weighted by Gasteiger charge is 2.47. The average Bonchev–Trinajstić information content (AvgIpc) is 3.69. The van der Waals surface area contributed by atoms with Gasteiger partial charge in [-0.25, -0.2) is 0 Å². The van der Waals surface area contributed by atoms with Crippen LogP contribution in [0.15, 0.2) is 36.0 Å². The minimum absolute atomic E-state index is 0.00218. The predicted octanol–water partition coefficient (Wildman–Crippen LogP) is 4.26. The second-order valence-electron chi connectivity index (χ2n) is 12.8. The van der Waals surface area contributed by atoms with Gasteiger partial charge >= 0.3 is 5.97 Å². The third-order valence-electron chi connectivity index (χ3n) is 8.40. The highest BCUT2D eigenvalue weighted by Crippen LogP contribution is 2.37. The Morgan fingerprint density at radius 1 is 1.35 bits per heavy atom. The van der Waals surface area contributed by atoms with Gasteiger partial charge in [-0.3, -0.25) is 4.79 Å². The van der Waals surface area contributed by atoms with Gasteiger partial charge in [0.15, 0.2) is 0 Å². The summed E-state index contributed by atoms with van der Waals surface area (Å²) in [6, 6.07) is 0. The van der Waals surface area contributed by atoms with Crippen LogP contribution in [0.5, 0.6) is 0 Å². The Morgan fingerprint density at radius 2 is 2.05 bits per heavy atom. The molecular weight excluding hydrogens is 570 g/mol. The van der Waals surface area contributed by atoms with Crippen molar-refractivity contribution in [2.75, 3.05) is 6.54 Å². The van der Waals surface area contributed by atoms with Gasteiger partial charge in [0.05, 0.1) is 36.4 Å². The minimum atomic E-state index is -1.35. The van der Waals surface area contributed by atoms with Crippen molar-refractivity contribution in [3.63, 3.8) is 0 Å². The maximum Gasteiger partial charge on any atom is 0.309 e. The molecule has 0 amide bonds. The molecule has 0 aromatic heterocycles. The van der Waals surface area contributed by atoms with Crippen molar-refractivity contribution in [3.05, 3.63) is 36.0 Å². The standard InChI is InChI=1S/C33H55NO8S/c1-8-10-18-34-31(43)41-27-14-13-22(4)29(42-28(37)19-24(35)15-17-33(27,7)39)21(3)12-11-16-32(6,38)20-26-30(40-26)23(5)25(36)9-2/h11-14,16,22-27,29-30,35-36,38-39H,8-10,15,17-20H2,1-7H3,(H,34,43)/b14-13+,16-11+,21-12+. The Morgan fingerprint density at radius 3 is 2.70 bits per heavy atom. The van der Waals surface area contributed by atoms with Crippen LogP contribution in [0.1, 0.15) is 93.4 Å². The van der Waals surface area contributed by atoms with Crippen LogP contribution < -0.4 is 5.32 Å². The van der Waals surface area contributed by atoms with E-state index in [4.69, 9.17) is 26.4 Å². The van der Waals surface area contributed by atoms with E-state index >= 15 is 0 Å². The zero-order chi connectivity index (χ0) is 32.4. The summed E-state index contributed by atoms with van der Waals surface area (Å²) in [5.41, 5.74) is -1.74. The van der Waals surface area contributed by atoms with E-state index in [0.717, 1.165) is 18.4 Å². The van der Waals surface area contributed by atoms with Gasteiger partial charge in [-0.05, 0) is 70.3 Å². The molecule has 0 spiro atoms. The van der Waals surface area contributed by atoms with Gasteiger partial charge < -0.3 is 40.0 Å². The van der Waals surface area contributed by atoms with Crippen molar-refractivity contribution in [3.8, 4) is 0 Å². The zero-order valence-electron chi connectivity index (χ0n) is 27.0. The molecule has 2 rings (SSSR count). The lowest BCUT2D eigenvalue weighted by atomic mass is 9.88. The zero-order valence-corrected chi connectivity index (χ0v) is 27.8. The summed E-state index contributed by atoms with van der Waals surface area (Å²) in [7, 11) is 0.